The van der Waals surface area contributed by atoms with E-state index in [9.17, 15) is 9.59 Å². The Balaban J connectivity index is 1.46. The molecule has 0 aliphatic heterocycles. The van der Waals surface area contributed by atoms with Gasteiger partial charge in [0.25, 0.3) is 5.91 Å². The summed E-state index contributed by atoms with van der Waals surface area (Å²) in [7, 11) is 0. The van der Waals surface area contributed by atoms with Crippen LogP contribution in [0.3, 0.4) is 0 Å². The molecule has 0 bridgehead atoms. The number of nitrogens with one attached hydrogen (secondary N) is 1. The molecule has 0 unspecified atom stereocenters. The maximum absolute atomic E-state index is 12.2. The van der Waals surface area contributed by atoms with Gasteiger partial charge in [-0.25, -0.2) is 0 Å². The number of carbonyl (C=O) groups excluding carboxylic acids is 2. The highest BCUT2D eigenvalue weighted by molar-refractivity contribution is 5.81. The smallest absolute Gasteiger partial charge is 0.306 e. The lowest BCUT2D eigenvalue weighted by Gasteiger charge is -2.26. The Kier molecular flexibility index (Phi) is 6.05. The number of hydrogen-bond donors (Lipinski definition) is 1. The summed E-state index contributed by atoms with van der Waals surface area (Å²) < 4.78 is 5.17. The van der Waals surface area contributed by atoms with Gasteiger partial charge >= 0.3 is 5.97 Å². The van der Waals surface area contributed by atoms with Crippen molar-refractivity contribution in [2.75, 3.05) is 6.61 Å². The molecule has 4 nitrogen and oxygen atoms in total. The molecule has 0 aromatic heterocycles. The average molecular weight is 351 g/mol. The second-order valence-corrected chi connectivity index (χ2v) is 6.89. The zero-order chi connectivity index (χ0) is 18.4. The van der Waals surface area contributed by atoms with Crippen molar-refractivity contribution in [1.29, 1.82) is 0 Å². The molecule has 3 rings (SSSR count). The van der Waals surface area contributed by atoms with Gasteiger partial charge in [-0.15, -0.1) is 0 Å². The lowest BCUT2D eigenvalue weighted by molar-refractivity contribution is -0.149. The lowest BCUT2D eigenvalue weighted by Crippen LogP contribution is -2.34. The Bertz CT molecular complexity index is 757. The van der Waals surface area contributed by atoms with Crippen LogP contribution in [0.15, 0.2) is 54.6 Å². The zero-order valence-electron chi connectivity index (χ0n) is 15.1. The predicted molar refractivity (Wildman–Crippen MR) is 101 cm³/mol. The number of aryl methyl sites for hydroxylation is 1. The zero-order valence-corrected chi connectivity index (χ0v) is 15.1. The molecule has 1 N–H and O–H groups in total. The van der Waals surface area contributed by atoms with E-state index in [-0.39, 0.29) is 36.9 Å². The molecule has 1 aliphatic carbocycles. The SMILES string of the molecule is C[C@H](CC(=O)OCC(=O)N[C@H]1CCCc2ccccc21)c1ccccc1. The number of ether oxygens (including phenoxy) is 1. The van der Waals surface area contributed by atoms with Crippen LogP contribution in [0, 0.1) is 0 Å². The van der Waals surface area contributed by atoms with Gasteiger partial charge in [0.1, 0.15) is 0 Å². The van der Waals surface area contributed by atoms with Gasteiger partial charge in [0.15, 0.2) is 6.61 Å². The highest BCUT2D eigenvalue weighted by Crippen LogP contribution is 2.29. The van der Waals surface area contributed by atoms with E-state index in [2.05, 4.69) is 17.4 Å². The molecule has 1 amide bonds. The third kappa shape index (κ3) is 4.72. The Hall–Kier alpha value is -2.62. The summed E-state index contributed by atoms with van der Waals surface area (Å²) in [4.78, 5) is 24.2. The molecule has 2 aromatic carbocycles. The Morgan fingerprint density at radius 2 is 1.85 bits per heavy atom. The Labute approximate surface area is 154 Å². The van der Waals surface area contributed by atoms with Crippen LogP contribution < -0.4 is 5.32 Å². The van der Waals surface area contributed by atoms with Gasteiger partial charge in [-0.3, -0.25) is 9.59 Å². The fourth-order valence-electron chi connectivity index (χ4n) is 3.49. The standard InChI is InChI=1S/C22H25NO3/c1-16(17-8-3-2-4-9-17)14-22(25)26-15-21(24)23-20-13-7-11-18-10-5-6-12-19(18)20/h2-6,8-10,12,16,20H,7,11,13-15H2,1H3,(H,23,24)/t16-,20+/m1/s1. The van der Waals surface area contributed by atoms with Crippen molar-refractivity contribution in [3.63, 3.8) is 0 Å². The summed E-state index contributed by atoms with van der Waals surface area (Å²) in [6.45, 7) is 1.76. The molecular weight excluding hydrogens is 326 g/mol. The molecular formula is C22H25NO3. The van der Waals surface area contributed by atoms with Crippen molar-refractivity contribution < 1.29 is 14.3 Å². The largest absolute Gasteiger partial charge is 0.456 e. The van der Waals surface area contributed by atoms with Crippen LogP contribution in [0.1, 0.15) is 54.8 Å². The summed E-state index contributed by atoms with van der Waals surface area (Å²) in [6.07, 6.45) is 3.29. The van der Waals surface area contributed by atoms with E-state index >= 15 is 0 Å². The number of fused-ring (bicyclic) bond motifs is 1. The molecule has 2 aromatic rings. The van der Waals surface area contributed by atoms with E-state index in [1.807, 2.05) is 49.4 Å². The van der Waals surface area contributed by atoms with Gasteiger partial charge in [0.05, 0.1) is 12.5 Å². The Morgan fingerprint density at radius 3 is 2.65 bits per heavy atom. The number of esters is 1. The second kappa shape index (κ2) is 8.65. The number of carbonyl (C=O) groups is 2. The van der Waals surface area contributed by atoms with E-state index in [0.29, 0.717) is 0 Å². The third-order valence-corrected chi connectivity index (χ3v) is 4.91. The van der Waals surface area contributed by atoms with Crippen LogP contribution in [0.25, 0.3) is 0 Å². The maximum atomic E-state index is 12.2. The molecule has 0 fully saturated rings. The quantitative estimate of drug-likeness (QED) is 0.803. The molecule has 1 aliphatic rings. The maximum Gasteiger partial charge on any atom is 0.306 e. The minimum Gasteiger partial charge on any atom is -0.456 e. The number of amides is 1. The van der Waals surface area contributed by atoms with E-state index in [0.717, 1.165) is 24.8 Å². The highest BCUT2D eigenvalue weighted by atomic mass is 16.5. The third-order valence-electron chi connectivity index (χ3n) is 4.91. The van der Waals surface area contributed by atoms with Crippen LogP contribution in [0.2, 0.25) is 0 Å². The summed E-state index contributed by atoms with van der Waals surface area (Å²) in [5.41, 5.74) is 3.56. The lowest BCUT2D eigenvalue weighted by atomic mass is 9.88. The topological polar surface area (TPSA) is 55.4 Å². The van der Waals surface area contributed by atoms with Crippen molar-refractivity contribution in [2.45, 2.75) is 44.6 Å². The fraction of sp³-hybridized carbons (Fsp3) is 0.364. The van der Waals surface area contributed by atoms with E-state index in [4.69, 9.17) is 4.74 Å². The highest BCUT2D eigenvalue weighted by Gasteiger charge is 2.22. The molecule has 0 heterocycles. The van der Waals surface area contributed by atoms with Gasteiger partial charge in [-0.05, 0) is 41.9 Å². The van der Waals surface area contributed by atoms with Gasteiger partial charge in [-0.2, -0.15) is 0 Å². The molecule has 0 saturated carbocycles. The van der Waals surface area contributed by atoms with Crippen LogP contribution in [0.4, 0.5) is 0 Å². The van der Waals surface area contributed by atoms with E-state index in [1.165, 1.54) is 11.1 Å². The summed E-state index contributed by atoms with van der Waals surface area (Å²) in [5, 5.41) is 3.00. The minimum atomic E-state index is -0.347. The number of rotatable bonds is 6. The molecule has 0 radical (unpaired) electrons. The molecule has 4 heteroatoms. The first kappa shape index (κ1) is 18.2. The fourth-order valence-corrected chi connectivity index (χ4v) is 3.49. The van der Waals surface area contributed by atoms with Crippen molar-refractivity contribution in [2.24, 2.45) is 0 Å². The molecule has 0 saturated heterocycles. The van der Waals surface area contributed by atoms with E-state index in [1.54, 1.807) is 0 Å². The molecule has 26 heavy (non-hydrogen) atoms. The monoisotopic (exact) mass is 351 g/mol. The summed E-state index contributed by atoms with van der Waals surface area (Å²) in [5.74, 6) is -0.523. The van der Waals surface area contributed by atoms with Crippen LogP contribution >= 0.6 is 0 Å². The van der Waals surface area contributed by atoms with Crippen LogP contribution in [-0.4, -0.2) is 18.5 Å². The van der Waals surface area contributed by atoms with Crippen molar-refractivity contribution in [3.8, 4) is 0 Å². The van der Waals surface area contributed by atoms with Crippen LogP contribution in [-0.2, 0) is 20.7 Å². The summed E-state index contributed by atoms with van der Waals surface area (Å²) in [6, 6.07) is 18.0. The van der Waals surface area contributed by atoms with Gasteiger partial charge < -0.3 is 10.1 Å². The first-order valence-corrected chi connectivity index (χ1v) is 9.21. The van der Waals surface area contributed by atoms with Crippen molar-refractivity contribution >= 4 is 11.9 Å². The first-order chi connectivity index (χ1) is 12.6. The molecule has 2 atom stereocenters. The Morgan fingerprint density at radius 1 is 1.12 bits per heavy atom. The minimum absolute atomic E-state index is 0.00870. The molecule has 136 valence electrons. The first-order valence-electron chi connectivity index (χ1n) is 9.21. The van der Waals surface area contributed by atoms with Gasteiger partial charge in [0.2, 0.25) is 0 Å². The van der Waals surface area contributed by atoms with E-state index < -0.39 is 0 Å². The van der Waals surface area contributed by atoms with Crippen LogP contribution in [0.5, 0.6) is 0 Å². The van der Waals surface area contributed by atoms with Gasteiger partial charge in [0, 0.05) is 0 Å². The second-order valence-electron chi connectivity index (χ2n) is 6.89. The number of hydrogen-bond acceptors (Lipinski definition) is 3. The molecule has 0 spiro atoms. The summed E-state index contributed by atoms with van der Waals surface area (Å²) >= 11 is 0. The number of benzene rings is 2. The van der Waals surface area contributed by atoms with Crippen molar-refractivity contribution in [3.05, 3.63) is 71.3 Å². The predicted octanol–water partition coefficient (Wildman–Crippen LogP) is 3.92. The van der Waals surface area contributed by atoms with Crippen molar-refractivity contribution in [1.82, 2.24) is 5.32 Å². The normalized spacial score (nSPS) is 17.0. The average Bonchev–Trinajstić information content (AvgIpc) is 2.67. The van der Waals surface area contributed by atoms with Gasteiger partial charge in [-0.1, -0.05) is 61.5 Å².